The molecule has 0 aliphatic rings. The number of carbonyl (C=O) groups is 1. The van der Waals surface area contributed by atoms with Crippen LogP contribution >= 0.6 is 22.9 Å². The van der Waals surface area contributed by atoms with Crippen molar-refractivity contribution in [3.05, 3.63) is 88.3 Å². The third kappa shape index (κ3) is 5.42. The van der Waals surface area contributed by atoms with E-state index in [9.17, 15) is 13.2 Å². The van der Waals surface area contributed by atoms with Crippen molar-refractivity contribution in [1.82, 2.24) is 10.0 Å². The summed E-state index contributed by atoms with van der Waals surface area (Å²) in [6, 6.07) is 18.3. The molecule has 0 spiro atoms. The summed E-state index contributed by atoms with van der Waals surface area (Å²) in [5, 5.41) is 5.15. The first-order valence-electron chi connectivity index (χ1n) is 8.59. The van der Waals surface area contributed by atoms with Gasteiger partial charge in [0.15, 0.2) is 0 Å². The van der Waals surface area contributed by atoms with Crippen molar-refractivity contribution in [2.24, 2.45) is 0 Å². The van der Waals surface area contributed by atoms with E-state index in [1.54, 1.807) is 47.8 Å². The van der Waals surface area contributed by atoms with Crippen molar-refractivity contribution in [2.45, 2.75) is 16.7 Å². The molecule has 2 N–H and O–H groups in total. The van der Waals surface area contributed by atoms with Gasteiger partial charge in [-0.1, -0.05) is 60.1 Å². The van der Waals surface area contributed by atoms with Crippen LogP contribution in [0, 0.1) is 0 Å². The number of hydrogen-bond acceptors (Lipinski definition) is 4. The molecule has 146 valence electrons. The number of hydrogen-bond donors (Lipinski definition) is 2. The Labute approximate surface area is 173 Å². The molecule has 1 unspecified atom stereocenters. The number of sulfonamides is 1. The van der Waals surface area contributed by atoms with Gasteiger partial charge in [0.05, 0.1) is 0 Å². The zero-order valence-electron chi connectivity index (χ0n) is 14.8. The molecule has 0 aliphatic carbocycles. The quantitative estimate of drug-likeness (QED) is 0.566. The zero-order valence-corrected chi connectivity index (χ0v) is 17.2. The Bertz CT molecular complexity index is 1010. The van der Waals surface area contributed by atoms with Crippen LogP contribution in [0.3, 0.4) is 0 Å². The second-order valence-corrected chi connectivity index (χ2v) is 9.39. The molecule has 8 heteroatoms. The Hall–Kier alpha value is -2.19. The number of amides is 1. The Morgan fingerprint density at radius 3 is 2.36 bits per heavy atom. The number of carbonyl (C=O) groups excluding carboxylic acids is 1. The zero-order chi connectivity index (χ0) is 20.0. The SMILES string of the molecule is O=C(NCCc1ccc(Cl)cc1)C(NS(=O)(=O)c1cccs1)c1ccccc1. The summed E-state index contributed by atoms with van der Waals surface area (Å²) in [4.78, 5) is 12.8. The van der Waals surface area contributed by atoms with E-state index in [-0.39, 0.29) is 4.21 Å². The van der Waals surface area contributed by atoms with E-state index < -0.39 is 22.0 Å². The summed E-state index contributed by atoms with van der Waals surface area (Å²) in [5.41, 5.74) is 1.60. The van der Waals surface area contributed by atoms with Crippen LogP contribution in [0.1, 0.15) is 17.2 Å². The molecular formula is C20H19ClN2O3S2. The molecule has 1 amide bonds. The van der Waals surface area contributed by atoms with Crippen molar-refractivity contribution in [1.29, 1.82) is 0 Å². The van der Waals surface area contributed by atoms with Gasteiger partial charge in [-0.3, -0.25) is 4.79 Å². The predicted octanol–water partition coefficient (Wildman–Crippen LogP) is 3.78. The topological polar surface area (TPSA) is 75.3 Å². The van der Waals surface area contributed by atoms with Crippen LogP contribution in [0.5, 0.6) is 0 Å². The van der Waals surface area contributed by atoms with Crippen LogP contribution < -0.4 is 10.0 Å². The van der Waals surface area contributed by atoms with Crippen LogP contribution in [0.25, 0.3) is 0 Å². The molecule has 0 bridgehead atoms. The van der Waals surface area contributed by atoms with E-state index in [1.165, 1.54) is 6.07 Å². The summed E-state index contributed by atoms with van der Waals surface area (Å²) in [6.07, 6.45) is 0.613. The maximum atomic E-state index is 12.8. The summed E-state index contributed by atoms with van der Waals surface area (Å²) in [7, 11) is -3.80. The minimum absolute atomic E-state index is 0.169. The number of benzene rings is 2. The Balaban J connectivity index is 1.71. The van der Waals surface area contributed by atoms with Gasteiger partial charge in [0.2, 0.25) is 5.91 Å². The lowest BCUT2D eigenvalue weighted by Crippen LogP contribution is -2.40. The first-order chi connectivity index (χ1) is 13.5. The Kier molecular flexibility index (Phi) is 6.85. The van der Waals surface area contributed by atoms with Crippen LogP contribution in [-0.4, -0.2) is 20.9 Å². The average molecular weight is 435 g/mol. The van der Waals surface area contributed by atoms with Gasteiger partial charge >= 0.3 is 0 Å². The fourth-order valence-corrected chi connectivity index (χ4v) is 4.95. The minimum Gasteiger partial charge on any atom is -0.354 e. The highest BCUT2D eigenvalue weighted by molar-refractivity contribution is 7.91. The molecule has 0 fully saturated rings. The van der Waals surface area contributed by atoms with E-state index >= 15 is 0 Å². The number of nitrogens with one attached hydrogen (secondary N) is 2. The van der Waals surface area contributed by atoms with Gasteiger partial charge in [0.1, 0.15) is 10.3 Å². The van der Waals surface area contributed by atoms with E-state index in [4.69, 9.17) is 11.6 Å². The van der Waals surface area contributed by atoms with Crippen LogP contribution in [-0.2, 0) is 21.2 Å². The molecule has 28 heavy (non-hydrogen) atoms. The van der Waals surface area contributed by atoms with Crippen molar-refractivity contribution >= 4 is 38.9 Å². The molecule has 0 aliphatic heterocycles. The van der Waals surface area contributed by atoms with Crippen molar-refractivity contribution in [3.63, 3.8) is 0 Å². The van der Waals surface area contributed by atoms with Gasteiger partial charge in [-0.2, -0.15) is 4.72 Å². The van der Waals surface area contributed by atoms with Gasteiger partial charge in [-0.25, -0.2) is 8.42 Å². The number of thiophene rings is 1. The van der Waals surface area contributed by atoms with E-state index in [0.717, 1.165) is 16.9 Å². The molecule has 1 heterocycles. The second kappa shape index (κ2) is 9.34. The number of halogens is 1. The molecule has 3 rings (SSSR count). The third-order valence-electron chi connectivity index (χ3n) is 4.05. The predicted molar refractivity (Wildman–Crippen MR) is 112 cm³/mol. The lowest BCUT2D eigenvalue weighted by atomic mass is 10.1. The van der Waals surface area contributed by atoms with Gasteiger partial charge in [-0.05, 0) is 41.1 Å². The fourth-order valence-electron chi connectivity index (χ4n) is 2.63. The molecule has 5 nitrogen and oxygen atoms in total. The maximum Gasteiger partial charge on any atom is 0.251 e. The van der Waals surface area contributed by atoms with Gasteiger partial charge < -0.3 is 5.32 Å². The van der Waals surface area contributed by atoms with E-state index in [2.05, 4.69) is 10.0 Å². The van der Waals surface area contributed by atoms with Crippen LogP contribution in [0.4, 0.5) is 0 Å². The molecule has 3 aromatic rings. The molecular weight excluding hydrogens is 416 g/mol. The van der Waals surface area contributed by atoms with Crippen molar-refractivity contribution in [2.75, 3.05) is 6.54 Å². The van der Waals surface area contributed by atoms with Crippen LogP contribution in [0.2, 0.25) is 5.02 Å². The summed E-state index contributed by atoms with van der Waals surface area (Å²) in [5.74, 6) is -0.403. The standard InChI is InChI=1S/C20H19ClN2O3S2/c21-17-10-8-15(9-11-17)12-13-22-20(24)19(16-5-2-1-3-6-16)23-28(25,26)18-7-4-14-27-18/h1-11,14,19,23H,12-13H2,(H,22,24). The van der Waals surface area contributed by atoms with E-state index in [1.807, 2.05) is 18.2 Å². The lowest BCUT2D eigenvalue weighted by Gasteiger charge is -2.18. The summed E-state index contributed by atoms with van der Waals surface area (Å²) >= 11 is 6.98. The second-order valence-electron chi connectivity index (χ2n) is 6.06. The molecule has 1 atom stereocenters. The highest BCUT2D eigenvalue weighted by Crippen LogP contribution is 2.21. The number of rotatable bonds is 8. The summed E-state index contributed by atoms with van der Waals surface area (Å²) in [6.45, 7) is 0.379. The molecule has 2 aromatic carbocycles. The highest BCUT2D eigenvalue weighted by atomic mass is 35.5. The maximum absolute atomic E-state index is 12.8. The van der Waals surface area contributed by atoms with Crippen molar-refractivity contribution in [3.8, 4) is 0 Å². The first-order valence-corrected chi connectivity index (χ1v) is 11.3. The van der Waals surface area contributed by atoms with Crippen LogP contribution in [0.15, 0.2) is 76.3 Å². The average Bonchev–Trinajstić information content (AvgIpc) is 3.24. The van der Waals surface area contributed by atoms with Gasteiger partial charge in [0, 0.05) is 11.6 Å². The monoisotopic (exact) mass is 434 g/mol. The van der Waals surface area contributed by atoms with Crippen molar-refractivity contribution < 1.29 is 13.2 Å². The van der Waals surface area contributed by atoms with Gasteiger partial charge in [0.25, 0.3) is 10.0 Å². The Morgan fingerprint density at radius 2 is 1.71 bits per heavy atom. The molecule has 1 aromatic heterocycles. The largest absolute Gasteiger partial charge is 0.354 e. The molecule has 0 saturated carbocycles. The smallest absolute Gasteiger partial charge is 0.251 e. The summed E-state index contributed by atoms with van der Waals surface area (Å²) < 4.78 is 27.9. The minimum atomic E-state index is -3.80. The molecule has 0 radical (unpaired) electrons. The molecule has 0 saturated heterocycles. The fraction of sp³-hybridized carbons (Fsp3) is 0.150. The van der Waals surface area contributed by atoms with Gasteiger partial charge in [-0.15, -0.1) is 11.3 Å². The lowest BCUT2D eigenvalue weighted by molar-refractivity contribution is -0.122. The van der Waals surface area contributed by atoms with E-state index in [0.29, 0.717) is 23.6 Å². The third-order valence-corrected chi connectivity index (χ3v) is 7.13. The first kappa shape index (κ1) is 20.5. The Morgan fingerprint density at radius 1 is 1.00 bits per heavy atom. The normalized spacial score (nSPS) is 12.5. The highest BCUT2D eigenvalue weighted by Gasteiger charge is 2.27.